The topological polar surface area (TPSA) is 21.3 Å². The van der Waals surface area contributed by atoms with E-state index in [1.54, 1.807) is 18.4 Å². The Hall–Kier alpha value is -0.380. The summed E-state index contributed by atoms with van der Waals surface area (Å²) in [6.07, 6.45) is 1.11. The van der Waals surface area contributed by atoms with Gasteiger partial charge in [0.2, 0.25) is 0 Å². The number of thiophene rings is 1. The maximum absolute atomic E-state index is 4.75. The molecule has 0 radical (unpaired) electrons. The third-order valence-electron chi connectivity index (χ3n) is 1.51. The second kappa shape index (κ2) is 4.49. The van der Waals surface area contributed by atoms with E-state index in [-0.39, 0.29) is 0 Å². The molecule has 1 aromatic heterocycles. The van der Waals surface area contributed by atoms with Gasteiger partial charge in [0.1, 0.15) is 0 Å². The summed E-state index contributed by atoms with van der Waals surface area (Å²) in [6, 6.07) is 2.21. The fourth-order valence-corrected chi connectivity index (χ4v) is 1.75. The number of aryl methyl sites for hydroxylation is 1. The number of rotatable bonds is 4. The minimum absolute atomic E-state index is 0.807. The number of nitrogens with one attached hydrogen (secondary N) is 1. The van der Waals surface area contributed by atoms with Crippen LogP contribution in [0.4, 0.5) is 0 Å². The van der Waals surface area contributed by atoms with Crippen LogP contribution in [0.3, 0.4) is 0 Å². The maximum atomic E-state index is 4.75. The lowest BCUT2D eigenvalue weighted by Crippen LogP contribution is -2.09. The summed E-state index contributed by atoms with van der Waals surface area (Å²) in [4.78, 5) is 6.07. The Bertz CT molecular complexity index is 210. The van der Waals surface area contributed by atoms with E-state index < -0.39 is 0 Å². The molecular weight excluding hydrogens is 158 g/mol. The van der Waals surface area contributed by atoms with Crippen LogP contribution in [0.1, 0.15) is 17.4 Å². The lowest BCUT2D eigenvalue weighted by molar-refractivity contribution is 0.0874. The molecule has 0 spiro atoms. The van der Waals surface area contributed by atoms with Crippen molar-refractivity contribution in [2.24, 2.45) is 0 Å². The van der Waals surface area contributed by atoms with Gasteiger partial charge in [0.05, 0.1) is 13.7 Å². The fraction of sp³-hybridized carbons (Fsp3) is 0.500. The van der Waals surface area contributed by atoms with E-state index >= 15 is 0 Å². The van der Waals surface area contributed by atoms with Gasteiger partial charge in [-0.1, -0.05) is 6.92 Å². The summed E-state index contributed by atoms with van der Waals surface area (Å²) in [7, 11) is 1.63. The zero-order valence-electron chi connectivity index (χ0n) is 6.89. The molecule has 0 atom stereocenters. The Morgan fingerprint density at radius 2 is 2.45 bits per heavy atom. The molecule has 1 heterocycles. The minimum atomic E-state index is 0.807. The standard InChI is InChI=1S/C8H13NOS/c1-3-7-4-8(11-6-7)5-9-10-2/h4,6,9H,3,5H2,1-2H3. The van der Waals surface area contributed by atoms with Gasteiger partial charge < -0.3 is 4.84 Å². The predicted molar refractivity (Wildman–Crippen MR) is 47.5 cm³/mol. The molecule has 0 saturated heterocycles. The van der Waals surface area contributed by atoms with Crippen molar-refractivity contribution in [3.05, 3.63) is 21.9 Å². The Morgan fingerprint density at radius 3 is 3.00 bits per heavy atom. The molecule has 0 aliphatic rings. The summed E-state index contributed by atoms with van der Waals surface area (Å²) < 4.78 is 0. The zero-order valence-corrected chi connectivity index (χ0v) is 7.70. The average Bonchev–Trinajstić information content (AvgIpc) is 2.48. The smallest absolute Gasteiger partial charge is 0.0572 e. The molecule has 0 amide bonds. The molecule has 0 fully saturated rings. The molecule has 0 aliphatic carbocycles. The van der Waals surface area contributed by atoms with Crippen LogP contribution < -0.4 is 5.48 Å². The molecule has 3 heteroatoms. The van der Waals surface area contributed by atoms with Gasteiger partial charge in [0.15, 0.2) is 0 Å². The van der Waals surface area contributed by atoms with E-state index in [0.29, 0.717) is 0 Å². The van der Waals surface area contributed by atoms with Crippen molar-refractivity contribution in [2.45, 2.75) is 19.9 Å². The van der Waals surface area contributed by atoms with Gasteiger partial charge in [-0.3, -0.25) is 0 Å². The SMILES string of the molecule is CCc1csc(CNOC)c1. The molecule has 1 rings (SSSR count). The van der Waals surface area contributed by atoms with E-state index in [2.05, 4.69) is 23.9 Å². The predicted octanol–water partition coefficient (Wildman–Crippen LogP) is 1.96. The first kappa shape index (κ1) is 8.71. The van der Waals surface area contributed by atoms with Crippen LogP contribution >= 0.6 is 11.3 Å². The van der Waals surface area contributed by atoms with Gasteiger partial charge in [-0.25, -0.2) is 0 Å². The Morgan fingerprint density at radius 1 is 1.64 bits per heavy atom. The molecule has 2 nitrogen and oxygen atoms in total. The first-order chi connectivity index (χ1) is 5.36. The monoisotopic (exact) mass is 171 g/mol. The lowest BCUT2D eigenvalue weighted by Gasteiger charge is -1.96. The van der Waals surface area contributed by atoms with Crippen LogP contribution in [0.25, 0.3) is 0 Å². The largest absolute Gasteiger partial charge is 0.305 e. The van der Waals surface area contributed by atoms with E-state index in [0.717, 1.165) is 13.0 Å². The van der Waals surface area contributed by atoms with E-state index in [1.807, 2.05) is 0 Å². The van der Waals surface area contributed by atoms with Crippen LogP contribution in [0.2, 0.25) is 0 Å². The Balaban J connectivity index is 2.44. The first-order valence-corrected chi connectivity index (χ1v) is 4.57. The summed E-state index contributed by atoms with van der Waals surface area (Å²) in [5.74, 6) is 0. The lowest BCUT2D eigenvalue weighted by atomic mass is 10.2. The second-order valence-electron chi connectivity index (χ2n) is 2.30. The zero-order chi connectivity index (χ0) is 8.10. The van der Waals surface area contributed by atoms with Crippen molar-refractivity contribution in [3.8, 4) is 0 Å². The molecule has 1 N–H and O–H groups in total. The molecular formula is C8H13NOS. The highest BCUT2D eigenvalue weighted by molar-refractivity contribution is 7.10. The highest BCUT2D eigenvalue weighted by atomic mass is 32.1. The third kappa shape index (κ3) is 2.61. The van der Waals surface area contributed by atoms with Gasteiger partial charge in [-0.15, -0.1) is 11.3 Å². The Kier molecular flexibility index (Phi) is 3.56. The van der Waals surface area contributed by atoms with Crippen molar-refractivity contribution in [2.75, 3.05) is 7.11 Å². The van der Waals surface area contributed by atoms with Gasteiger partial charge in [0.25, 0.3) is 0 Å². The Labute approximate surface area is 71.1 Å². The van der Waals surface area contributed by atoms with Crippen LogP contribution in [-0.2, 0) is 17.8 Å². The highest BCUT2D eigenvalue weighted by Crippen LogP contribution is 2.14. The number of hydrogen-bond donors (Lipinski definition) is 1. The van der Waals surface area contributed by atoms with Gasteiger partial charge in [0, 0.05) is 4.88 Å². The van der Waals surface area contributed by atoms with E-state index in [1.165, 1.54) is 10.4 Å². The third-order valence-corrected chi connectivity index (χ3v) is 2.49. The van der Waals surface area contributed by atoms with Gasteiger partial charge >= 0.3 is 0 Å². The summed E-state index contributed by atoms with van der Waals surface area (Å²) >= 11 is 1.77. The van der Waals surface area contributed by atoms with Crippen LogP contribution in [0, 0.1) is 0 Å². The van der Waals surface area contributed by atoms with Gasteiger partial charge in [-0.05, 0) is 23.4 Å². The molecule has 11 heavy (non-hydrogen) atoms. The molecule has 0 aliphatic heterocycles. The molecule has 0 unspecified atom stereocenters. The van der Waals surface area contributed by atoms with E-state index in [9.17, 15) is 0 Å². The summed E-state index contributed by atoms with van der Waals surface area (Å²) in [5.41, 5.74) is 4.22. The summed E-state index contributed by atoms with van der Waals surface area (Å²) in [5, 5.41) is 2.19. The van der Waals surface area contributed by atoms with Crippen LogP contribution in [0.5, 0.6) is 0 Å². The molecule has 62 valence electrons. The highest BCUT2D eigenvalue weighted by Gasteiger charge is 1.96. The van der Waals surface area contributed by atoms with Crippen molar-refractivity contribution in [3.63, 3.8) is 0 Å². The van der Waals surface area contributed by atoms with Gasteiger partial charge in [-0.2, -0.15) is 5.48 Å². The summed E-state index contributed by atoms with van der Waals surface area (Å²) in [6.45, 7) is 2.97. The molecule has 0 bridgehead atoms. The molecule has 0 saturated carbocycles. The van der Waals surface area contributed by atoms with Crippen molar-refractivity contribution in [1.29, 1.82) is 0 Å². The van der Waals surface area contributed by atoms with Crippen molar-refractivity contribution < 1.29 is 4.84 Å². The molecule has 0 aromatic carbocycles. The van der Waals surface area contributed by atoms with Crippen molar-refractivity contribution >= 4 is 11.3 Å². The average molecular weight is 171 g/mol. The van der Waals surface area contributed by atoms with Crippen molar-refractivity contribution in [1.82, 2.24) is 5.48 Å². The number of hydrogen-bond acceptors (Lipinski definition) is 3. The quantitative estimate of drug-likeness (QED) is 0.699. The minimum Gasteiger partial charge on any atom is -0.305 e. The van der Waals surface area contributed by atoms with Crippen LogP contribution in [0.15, 0.2) is 11.4 Å². The maximum Gasteiger partial charge on any atom is 0.0572 e. The normalized spacial score (nSPS) is 10.4. The fourth-order valence-electron chi connectivity index (χ4n) is 0.848. The van der Waals surface area contributed by atoms with Crippen LogP contribution in [-0.4, -0.2) is 7.11 Å². The van der Waals surface area contributed by atoms with E-state index in [4.69, 9.17) is 4.84 Å². The first-order valence-electron chi connectivity index (χ1n) is 3.69. The molecule has 1 aromatic rings. The second-order valence-corrected chi connectivity index (χ2v) is 3.30. The number of hydroxylamine groups is 1.